The quantitative estimate of drug-likeness (QED) is 0.621. The summed E-state index contributed by atoms with van der Waals surface area (Å²) in [6.45, 7) is 8.18. The Morgan fingerprint density at radius 1 is 1.32 bits per heavy atom. The lowest BCUT2D eigenvalue weighted by Gasteiger charge is -2.20. The predicted molar refractivity (Wildman–Crippen MR) is 109 cm³/mol. The van der Waals surface area contributed by atoms with Gasteiger partial charge in [0.05, 0.1) is 12.1 Å². The molecule has 0 saturated carbocycles. The fourth-order valence-electron chi connectivity index (χ4n) is 3.04. The second-order valence-electron chi connectivity index (χ2n) is 7.39. The van der Waals surface area contributed by atoms with Crippen molar-refractivity contribution in [1.82, 2.24) is 9.55 Å². The van der Waals surface area contributed by atoms with Crippen LogP contribution in [0.15, 0.2) is 29.8 Å². The average molecular weight is 404 g/mol. The minimum Gasteiger partial charge on any atom is -0.486 e. The van der Waals surface area contributed by atoms with Gasteiger partial charge in [0.1, 0.15) is 23.0 Å². The SMILES string of the molecule is Cc1c(CCON)c2cc(OCc3nccs3)ccc2n1C(=O)OC(C)(C)C. The van der Waals surface area contributed by atoms with Gasteiger partial charge in [-0.3, -0.25) is 0 Å². The summed E-state index contributed by atoms with van der Waals surface area (Å²) in [6, 6.07) is 5.65. The first-order valence-electron chi connectivity index (χ1n) is 9.00. The second kappa shape index (κ2) is 8.30. The highest BCUT2D eigenvalue weighted by atomic mass is 32.1. The third-order valence-corrected chi connectivity index (χ3v) is 4.95. The molecule has 3 rings (SSSR count). The number of nitrogens with two attached hydrogens (primary N) is 1. The number of carbonyl (C=O) groups excluding carboxylic acids is 1. The molecule has 0 aliphatic rings. The molecule has 0 spiro atoms. The number of nitrogens with zero attached hydrogens (tertiary/aromatic N) is 2. The standard InChI is InChI=1S/C20H25N3O4S/c1-13-15(7-9-26-21)16-11-14(25-12-18-22-8-10-28-18)5-6-17(16)23(13)19(24)27-20(2,3)4/h5-6,8,10-11H,7,9,12,21H2,1-4H3. The monoisotopic (exact) mass is 403 g/mol. The molecule has 0 atom stereocenters. The Hall–Kier alpha value is -2.42. The third-order valence-electron chi connectivity index (χ3n) is 4.20. The molecule has 1 aromatic carbocycles. The number of aromatic nitrogens is 2. The van der Waals surface area contributed by atoms with Crippen molar-refractivity contribution < 1.29 is 19.1 Å². The minimum atomic E-state index is -0.586. The maximum absolute atomic E-state index is 12.8. The summed E-state index contributed by atoms with van der Waals surface area (Å²) in [4.78, 5) is 21.8. The molecule has 150 valence electrons. The zero-order valence-electron chi connectivity index (χ0n) is 16.5. The Labute approximate surface area is 168 Å². The van der Waals surface area contributed by atoms with E-state index in [2.05, 4.69) is 4.98 Å². The lowest BCUT2D eigenvalue weighted by Crippen LogP contribution is -2.27. The molecule has 2 heterocycles. The summed E-state index contributed by atoms with van der Waals surface area (Å²) in [5, 5.41) is 3.73. The molecule has 0 radical (unpaired) electrons. The molecule has 0 fully saturated rings. The van der Waals surface area contributed by atoms with Crippen molar-refractivity contribution in [1.29, 1.82) is 0 Å². The van der Waals surface area contributed by atoms with Crippen LogP contribution in [0.3, 0.4) is 0 Å². The van der Waals surface area contributed by atoms with Gasteiger partial charge < -0.3 is 14.3 Å². The first-order valence-corrected chi connectivity index (χ1v) is 9.88. The molecule has 0 amide bonds. The predicted octanol–water partition coefficient (Wildman–Crippen LogP) is 4.20. The number of ether oxygens (including phenoxy) is 2. The van der Waals surface area contributed by atoms with Gasteiger partial charge in [-0.1, -0.05) is 0 Å². The van der Waals surface area contributed by atoms with Gasteiger partial charge in [-0.25, -0.2) is 20.2 Å². The molecule has 3 aromatic rings. The summed E-state index contributed by atoms with van der Waals surface area (Å²) in [7, 11) is 0. The number of fused-ring (bicyclic) bond motifs is 1. The number of carbonyl (C=O) groups is 1. The third kappa shape index (κ3) is 4.52. The van der Waals surface area contributed by atoms with Gasteiger partial charge in [0.15, 0.2) is 0 Å². The molecule has 0 aliphatic heterocycles. The molecule has 28 heavy (non-hydrogen) atoms. The summed E-state index contributed by atoms with van der Waals surface area (Å²) >= 11 is 1.54. The van der Waals surface area contributed by atoms with Crippen LogP contribution >= 0.6 is 11.3 Å². The Kier molecular flexibility index (Phi) is 6.02. The van der Waals surface area contributed by atoms with Crippen LogP contribution in [0.5, 0.6) is 5.75 Å². The highest BCUT2D eigenvalue weighted by molar-refractivity contribution is 7.09. The van der Waals surface area contributed by atoms with Gasteiger partial charge in [0, 0.05) is 29.1 Å². The Balaban J connectivity index is 1.99. The number of thiazole rings is 1. The van der Waals surface area contributed by atoms with Crippen molar-refractivity contribution >= 4 is 28.3 Å². The highest BCUT2D eigenvalue weighted by Crippen LogP contribution is 2.31. The van der Waals surface area contributed by atoms with Crippen molar-refractivity contribution in [3.05, 3.63) is 46.0 Å². The fourth-order valence-corrected chi connectivity index (χ4v) is 3.57. The van der Waals surface area contributed by atoms with E-state index in [1.807, 2.05) is 51.3 Å². The van der Waals surface area contributed by atoms with Crippen LogP contribution < -0.4 is 10.6 Å². The Morgan fingerprint density at radius 2 is 2.11 bits per heavy atom. The second-order valence-corrected chi connectivity index (χ2v) is 8.37. The largest absolute Gasteiger partial charge is 0.486 e. The molecule has 0 saturated heterocycles. The minimum absolute atomic E-state index is 0.346. The normalized spacial score (nSPS) is 11.8. The zero-order chi connectivity index (χ0) is 20.3. The van der Waals surface area contributed by atoms with E-state index in [0.29, 0.717) is 25.4 Å². The topological polar surface area (TPSA) is 88.6 Å². The van der Waals surface area contributed by atoms with E-state index >= 15 is 0 Å². The number of rotatable bonds is 6. The molecule has 2 N–H and O–H groups in total. The van der Waals surface area contributed by atoms with Crippen molar-refractivity contribution in [3.8, 4) is 5.75 Å². The molecule has 8 heteroatoms. The van der Waals surface area contributed by atoms with Gasteiger partial charge >= 0.3 is 6.09 Å². The zero-order valence-corrected chi connectivity index (χ0v) is 17.3. The highest BCUT2D eigenvalue weighted by Gasteiger charge is 2.24. The molecule has 7 nitrogen and oxygen atoms in total. The van der Waals surface area contributed by atoms with Crippen LogP contribution in [0, 0.1) is 6.92 Å². The van der Waals surface area contributed by atoms with Gasteiger partial charge in [0.25, 0.3) is 0 Å². The van der Waals surface area contributed by atoms with Gasteiger partial charge in [-0.05, 0) is 51.5 Å². The van der Waals surface area contributed by atoms with Crippen LogP contribution in [0.25, 0.3) is 10.9 Å². The first kappa shape index (κ1) is 20.3. The van der Waals surface area contributed by atoms with E-state index in [4.69, 9.17) is 20.2 Å². The number of hydrogen-bond acceptors (Lipinski definition) is 7. The van der Waals surface area contributed by atoms with Crippen LogP contribution in [0.2, 0.25) is 0 Å². The van der Waals surface area contributed by atoms with Gasteiger partial charge in [-0.2, -0.15) is 0 Å². The van der Waals surface area contributed by atoms with Gasteiger partial charge in [-0.15, -0.1) is 11.3 Å². The maximum Gasteiger partial charge on any atom is 0.419 e. The molecular formula is C20H25N3O4S. The number of hydrogen-bond donors (Lipinski definition) is 1. The summed E-state index contributed by atoms with van der Waals surface area (Å²) in [5.74, 6) is 5.93. The lowest BCUT2D eigenvalue weighted by molar-refractivity contribution is 0.0541. The van der Waals surface area contributed by atoms with Crippen LogP contribution in [0.1, 0.15) is 37.0 Å². The van der Waals surface area contributed by atoms with E-state index in [-0.39, 0.29) is 0 Å². The van der Waals surface area contributed by atoms with Gasteiger partial charge in [0.2, 0.25) is 0 Å². The molecule has 0 bridgehead atoms. The Bertz CT molecular complexity index is 958. The molecule has 0 aliphatic carbocycles. The van der Waals surface area contributed by atoms with Crippen LogP contribution in [-0.2, 0) is 22.6 Å². The average Bonchev–Trinajstić information content (AvgIpc) is 3.22. The summed E-state index contributed by atoms with van der Waals surface area (Å²) in [5.41, 5.74) is 1.96. The van der Waals surface area contributed by atoms with Crippen molar-refractivity contribution in [2.45, 2.75) is 46.3 Å². The summed E-state index contributed by atoms with van der Waals surface area (Å²) < 4.78 is 13.1. The van der Waals surface area contributed by atoms with Crippen LogP contribution in [0.4, 0.5) is 4.79 Å². The molecular weight excluding hydrogens is 378 g/mol. The van der Waals surface area contributed by atoms with E-state index in [1.54, 1.807) is 22.1 Å². The van der Waals surface area contributed by atoms with Crippen molar-refractivity contribution in [3.63, 3.8) is 0 Å². The molecule has 0 unspecified atom stereocenters. The smallest absolute Gasteiger partial charge is 0.419 e. The van der Waals surface area contributed by atoms with Crippen molar-refractivity contribution in [2.24, 2.45) is 5.90 Å². The Morgan fingerprint density at radius 3 is 2.75 bits per heavy atom. The number of benzene rings is 1. The molecule has 2 aromatic heterocycles. The van der Waals surface area contributed by atoms with Crippen molar-refractivity contribution in [2.75, 3.05) is 6.61 Å². The first-order chi connectivity index (χ1) is 13.3. The van der Waals surface area contributed by atoms with E-state index in [9.17, 15) is 4.79 Å². The lowest BCUT2D eigenvalue weighted by atomic mass is 10.1. The van der Waals surface area contributed by atoms with Crippen LogP contribution in [-0.4, -0.2) is 27.9 Å². The van der Waals surface area contributed by atoms with E-state index < -0.39 is 11.7 Å². The van der Waals surface area contributed by atoms with E-state index in [1.165, 1.54) is 0 Å². The summed E-state index contributed by atoms with van der Waals surface area (Å²) in [6.07, 6.45) is 1.91. The maximum atomic E-state index is 12.8. The van der Waals surface area contributed by atoms with E-state index in [0.717, 1.165) is 27.2 Å². The fraction of sp³-hybridized carbons (Fsp3) is 0.400.